The fourth-order valence-corrected chi connectivity index (χ4v) is 2.67. The van der Waals surface area contributed by atoms with Crippen molar-refractivity contribution in [2.24, 2.45) is 5.92 Å². The maximum atomic E-state index is 4.51. The lowest BCUT2D eigenvalue weighted by Gasteiger charge is -2.28. The van der Waals surface area contributed by atoms with Crippen molar-refractivity contribution in [3.05, 3.63) is 23.9 Å². The topological polar surface area (TPSA) is 54.2 Å². The van der Waals surface area contributed by atoms with Crippen LogP contribution in [0.15, 0.2) is 18.3 Å². The Bertz CT molecular complexity index is 556. The molecule has 102 valence electrons. The second kappa shape index (κ2) is 5.17. The van der Waals surface area contributed by atoms with Gasteiger partial charge in [0.2, 0.25) is 5.95 Å². The Hall–Kier alpha value is -1.62. The number of piperidine rings is 1. The molecule has 1 aliphatic rings. The standard InChI is InChI=1S/C14H21N5/c1-10-5-6-13-17-14(18-19(13)9-10)16-11(2)12-4-3-7-15-8-12/h5-6,9,11-12,15H,3-4,7-8H2,1-2H3,(H,16,18). The van der Waals surface area contributed by atoms with Gasteiger partial charge in [-0.3, -0.25) is 0 Å². The zero-order chi connectivity index (χ0) is 13.2. The van der Waals surface area contributed by atoms with Gasteiger partial charge >= 0.3 is 0 Å². The van der Waals surface area contributed by atoms with Crippen LogP contribution in [0.2, 0.25) is 0 Å². The lowest BCUT2D eigenvalue weighted by Crippen LogP contribution is -2.39. The third-order valence-corrected chi connectivity index (χ3v) is 3.88. The van der Waals surface area contributed by atoms with E-state index < -0.39 is 0 Å². The lowest BCUT2D eigenvalue weighted by molar-refractivity contribution is 0.346. The van der Waals surface area contributed by atoms with Gasteiger partial charge in [0.1, 0.15) is 0 Å². The molecule has 2 aromatic rings. The quantitative estimate of drug-likeness (QED) is 0.883. The first-order valence-electron chi connectivity index (χ1n) is 7.02. The summed E-state index contributed by atoms with van der Waals surface area (Å²) in [5, 5.41) is 11.4. The van der Waals surface area contributed by atoms with E-state index in [-0.39, 0.29) is 0 Å². The second-order valence-corrected chi connectivity index (χ2v) is 5.48. The van der Waals surface area contributed by atoms with Crippen LogP contribution in [0.1, 0.15) is 25.3 Å². The van der Waals surface area contributed by atoms with Gasteiger partial charge in [0.15, 0.2) is 5.65 Å². The summed E-state index contributed by atoms with van der Waals surface area (Å²) in [6, 6.07) is 4.45. The van der Waals surface area contributed by atoms with E-state index in [1.165, 1.54) is 18.4 Å². The van der Waals surface area contributed by atoms with Crippen molar-refractivity contribution in [1.82, 2.24) is 19.9 Å². The molecule has 2 N–H and O–H groups in total. The van der Waals surface area contributed by atoms with E-state index in [1.54, 1.807) is 0 Å². The van der Waals surface area contributed by atoms with Crippen LogP contribution in [0.3, 0.4) is 0 Å². The third-order valence-electron chi connectivity index (χ3n) is 3.88. The summed E-state index contributed by atoms with van der Waals surface area (Å²) in [7, 11) is 0. The highest BCUT2D eigenvalue weighted by atomic mass is 15.3. The monoisotopic (exact) mass is 259 g/mol. The second-order valence-electron chi connectivity index (χ2n) is 5.48. The fraction of sp³-hybridized carbons (Fsp3) is 0.571. The Morgan fingerprint density at radius 3 is 3.16 bits per heavy atom. The molecule has 0 amide bonds. The predicted octanol–water partition coefficient (Wildman–Crippen LogP) is 1.84. The van der Waals surface area contributed by atoms with Crippen LogP contribution >= 0.6 is 0 Å². The van der Waals surface area contributed by atoms with Crippen LogP contribution in [0.5, 0.6) is 0 Å². The molecular weight excluding hydrogens is 238 g/mol. The summed E-state index contributed by atoms with van der Waals surface area (Å²) in [4.78, 5) is 4.51. The molecule has 1 aliphatic heterocycles. The number of rotatable bonds is 3. The summed E-state index contributed by atoms with van der Waals surface area (Å²) in [5.74, 6) is 1.38. The Labute approximate surface area is 113 Å². The van der Waals surface area contributed by atoms with Crippen LogP contribution < -0.4 is 10.6 Å². The molecule has 2 unspecified atom stereocenters. The molecule has 19 heavy (non-hydrogen) atoms. The van der Waals surface area contributed by atoms with Crippen molar-refractivity contribution in [1.29, 1.82) is 0 Å². The van der Waals surface area contributed by atoms with E-state index in [9.17, 15) is 0 Å². The first-order chi connectivity index (χ1) is 9.22. The van der Waals surface area contributed by atoms with Crippen molar-refractivity contribution in [2.75, 3.05) is 18.4 Å². The smallest absolute Gasteiger partial charge is 0.243 e. The fourth-order valence-electron chi connectivity index (χ4n) is 2.67. The number of nitrogens with one attached hydrogen (secondary N) is 2. The molecule has 0 bridgehead atoms. The van der Waals surface area contributed by atoms with Crippen LogP contribution in [-0.4, -0.2) is 33.7 Å². The van der Waals surface area contributed by atoms with Gasteiger partial charge < -0.3 is 10.6 Å². The molecule has 5 heteroatoms. The van der Waals surface area contributed by atoms with Gasteiger partial charge in [0.05, 0.1) is 0 Å². The van der Waals surface area contributed by atoms with Gasteiger partial charge in [0, 0.05) is 12.2 Å². The minimum Gasteiger partial charge on any atom is -0.350 e. The normalized spacial score (nSPS) is 21.5. The lowest BCUT2D eigenvalue weighted by atomic mass is 9.93. The number of hydrogen-bond donors (Lipinski definition) is 2. The zero-order valence-corrected chi connectivity index (χ0v) is 11.6. The summed E-state index contributed by atoms with van der Waals surface area (Å²) in [5.41, 5.74) is 2.08. The molecule has 5 nitrogen and oxygen atoms in total. The molecule has 0 saturated carbocycles. The van der Waals surface area contributed by atoms with E-state index in [4.69, 9.17) is 0 Å². The van der Waals surface area contributed by atoms with Gasteiger partial charge in [-0.05, 0) is 57.3 Å². The molecule has 0 aliphatic carbocycles. The van der Waals surface area contributed by atoms with E-state index in [1.807, 2.05) is 16.8 Å². The van der Waals surface area contributed by atoms with Crippen molar-refractivity contribution in [2.45, 2.75) is 32.7 Å². The highest BCUT2D eigenvalue weighted by molar-refractivity contribution is 5.44. The van der Waals surface area contributed by atoms with E-state index in [0.29, 0.717) is 12.0 Å². The molecule has 1 saturated heterocycles. The summed E-state index contributed by atoms with van der Waals surface area (Å²) in [6.07, 6.45) is 4.53. The Kier molecular flexibility index (Phi) is 3.38. The number of aryl methyl sites for hydroxylation is 1. The third kappa shape index (κ3) is 2.71. The van der Waals surface area contributed by atoms with Gasteiger partial charge in [-0.2, -0.15) is 4.98 Å². The van der Waals surface area contributed by atoms with E-state index in [2.05, 4.69) is 40.6 Å². The number of hydrogen-bond acceptors (Lipinski definition) is 4. The van der Waals surface area contributed by atoms with Gasteiger partial charge in [-0.15, -0.1) is 5.10 Å². The van der Waals surface area contributed by atoms with Gasteiger partial charge in [0.25, 0.3) is 0 Å². The molecule has 3 heterocycles. The Morgan fingerprint density at radius 1 is 1.47 bits per heavy atom. The number of aromatic nitrogens is 3. The molecule has 2 atom stereocenters. The summed E-state index contributed by atoms with van der Waals surface area (Å²) in [6.45, 7) is 6.51. The summed E-state index contributed by atoms with van der Waals surface area (Å²) >= 11 is 0. The predicted molar refractivity (Wildman–Crippen MR) is 76.4 cm³/mol. The SMILES string of the molecule is Cc1ccc2nc(NC(C)C3CCCNC3)nn2c1. The molecule has 2 aromatic heterocycles. The van der Waals surface area contributed by atoms with Gasteiger partial charge in [-0.25, -0.2) is 4.52 Å². The van der Waals surface area contributed by atoms with Crippen molar-refractivity contribution in [3.8, 4) is 0 Å². The van der Waals surface area contributed by atoms with Crippen LogP contribution in [0, 0.1) is 12.8 Å². The van der Waals surface area contributed by atoms with Crippen LogP contribution in [-0.2, 0) is 0 Å². The minimum absolute atomic E-state index is 0.395. The average molecular weight is 259 g/mol. The largest absolute Gasteiger partial charge is 0.350 e. The van der Waals surface area contributed by atoms with Gasteiger partial charge in [-0.1, -0.05) is 6.07 Å². The first kappa shape index (κ1) is 12.4. The van der Waals surface area contributed by atoms with Crippen molar-refractivity contribution < 1.29 is 0 Å². The highest BCUT2D eigenvalue weighted by Gasteiger charge is 2.20. The highest BCUT2D eigenvalue weighted by Crippen LogP contribution is 2.17. The molecule has 0 spiro atoms. The Balaban J connectivity index is 1.73. The molecular formula is C14H21N5. The number of pyridine rings is 1. The summed E-state index contributed by atoms with van der Waals surface area (Å²) < 4.78 is 1.84. The minimum atomic E-state index is 0.395. The average Bonchev–Trinajstić information content (AvgIpc) is 2.81. The first-order valence-corrected chi connectivity index (χ1v) is 7.02. The molecule has 1 fully saturated rings. The maximum Gasteiger partial charge on any atom is 0.243 e. The van der Waals surface area contributed by atoms with E-state index in [0.717, 1.165) is 24.7 Å². The maximum absolute atomic E-state index is 4.51. The number of nitrogens with zero attached hydrogens (tertiary/aromatic N) is 3. The zero-order valence-electron chi connectivity index (χ0n) is 11.6. The van der Waals surface area contributed by atoms with Crippen LogP contribution in [0.4, 0.5) is 5.95 Å². The van der Waals surface area contributed by atoms with Crippen molar-refractivity contribution in [3.63, 3.8) is 0 Å². The molecule has 3 rings (SSSR count). The van der Waals surface area contributed by atoms with E-state index >= 15 is 0 Å². The van der Waals surface area contributed by atoms with Crippen LogP contribution in [0.25, 0.3) is 5.65 Å². The molecule has 0 aromatic carbocycles. The van der Waals surface area contributed by atoms with Crippen molar-refractivity contribution >= 4 is 11.6 Å². The number of anilines is 1. The number of fused-ring (bicyclic) bond motifs is 1. The molecule has 0 radical (unpaired) electrons. The Morgan fingerprint density at radius 2 is 2.37 bits per heavy atom.